The van der Waals surface area contributed by atoms with Gasteiger partial charge in [0.2, 0.25) is 0 Å². The molecule has 2 rings (SSSR count). The molecule has 0 aliphatic heterocycles. The van der Waals surface area contributed by atoms with Crippen LogP contribution in [0.25, 0.3) is 0 Å². The van der Waals surface area contributed by atoms with Gasteiger partial charge in [-0.15, -0.1) is 0 Å². The van der Waals surface area contributed by atoms with Crippen molar-refractivity contribution in [1.29, 1.82) is 0 Å². The van der Waals surface area contributed by atoms with Crippen LogP contribution >= 0.6 is 31.9 Å². The van der Waals surface area contributed by atoms with Crippen LogP contribution in [0.3, 0.4) is 0 Å². The van der Waals surface area contributed by atoms with Crippen molar-refractivity contribution in [3.05, 3.63) is 66.5 Å². The van der Waals surface area contributed by atoms with Crippen molar-refractivity contribution in [2.45, 2.75) is 19.6 Å². The summed E-state index contributed by atoms with van der Waals surface area (Å²) >= 11 is 6.57. The Bertz CT molecular complexity index is 778. The monoisotopic (exact) mass is 564 g/mol. The number of benzene rings is 1. The standard InChI is InChI=1S/C16H15Br2NO4.CH4O.Y/c1-23-16(22)11-4-2-10(3-5-11)6-7-19-14(9-20)12(17)8-13(18)15(19)21;1-2;/h2-5,8,20H,6-7,9H2,1H3;2H,1H3;. The van der Waals surface area contributed by atoms with E-state index in [2.05, 4.69) is 36.6 Å². The number of aryl methyl sites for hydroxylation is 1. The van der Waals surface area contributed by atoms with Crippen molar-refractivity contribution in [2.75, 3.05) is 14.2 Å². The smallest absolute Gasteiger partial charge is 0.337 e. The van der Waals surface area contributed by atoms with Crippen LogP contribution in [0, 0.1) is 0 Å². The third-order valence-corrected chi connectivity index (χ3v) is 4.71. The van der Waals surface area contributed by atoms with Gasteiger partial charge in [-0.25, -0.2) is 4.79 Å². The first-order valence-corrected chi connectivity index (χ1v) is 8.87. The van der Waals surface area contributed by atoms with Crippen LogP contribution in [0.1, 0.15) is 21.6 Å². The fourth-order valence-corrected chi connectivity index (χ4v) is 3.52. The number of pyridine rings is 1. The van der Waals surface area contributed by atoms with Crippen molar-refractivity contribution in [1.82, 2.24) is 4.57 Å². The minimum atomic E-state index is -0.383. The van der Waals surface area contributed by atoms with Crippen LogP contribution in [-0.2, 0) is 57.0 Å². The second kappa shape index (κ2) is 12.9. The van der Waals surface area contributed by atoms with E-state index in [1.54, 1.807) is 18.2 Å². The maximum atomic E-state index is 12.2. The van der Waals surface area contributed by atoms with Crippen molar-refractivity contribution < 1.29 is 52.5 Å². The van der Waals surface area contributed by atoms with Gasteiger partial charge < -0.3 is 19.5 Å². The number of aliphatic hydroxyl groups excluding tert-OH is 2. The van der Waals surface area contributed by atoms with Gasteiger partial charge in [-0.2, -0.15) is 0 Å². The van der Waals surface area contributed by atoms with Gasteiger partial charge in [-0.05, 0) is 62.0 Å². The van der Waals surface area contributed by atoms with E-state index in [0.29, 0.717) is 33.2 Å². The number of hydrogen-bond acceptors (Lipinski definition) is 5. The number of ether oxygens (including phenoxy) is 1. The number of nitrogens with zero attached hydrogens (tertiary/aromatic N) is 1. The van der Waals surface area contributed by atoms with Crippen LogP contribution in [0.5, 0.6) is 0 Å². The first kappa shape index (κ1) is 25.6. The van der Waals surface area contributed by atoms with Crippen molar-refractivity contribution >= 4 is 37.8 Å². The molecule has 2 aromatic rings. The van der Waals surface area contributed by atoms with Gasteiger partial charge >= 0.3 is 5.97 Å². The largest absolute Gasteiger partial charge is 0.465 e. The molecule has 0 unspecified atom stereocenters. The zero-order valence-corrected chi connectivity index (χ0v) is 20.4. The number of halogens is 2. The van der Waals surface area contributed by atoms with Gasteiger partial charge in [0, 0.05) is 50.8 Å². The number of carbonyl (C=O) groups is 1. The predicted molar refractivity (Wildman–Crippen MR) is 102 cm³/mol. The average Bonchev–Trinajstić information content (AvgIpc) is 2.64. The topological polar surface area (TPSA) is 88.8 Å². The third-order valence-electron chi connectivity index (χ3n) is 3.45. The normalized spacial score (nSPS) is 9.62. The third kappa shape index (κ3) is 6.66. The fourth-order valence-electron chi connectivity index (χ4n) is 2.20. The summed E-state index contributed by atoms with van der Waals surface area (Å²) in [5.41, 5.74) is 1.80. The van der Waals surface area contributed by atoms with E-state index in [1.165, 1.54) is 11.7 Å². The van der Waals surface area contributed by atoms with Crippen LogP contribution in [-0.4, -0.2) is 35.0 Å². The molecule has 0 spiro atoms. The molecule has 1 radical (unpaired) electrons. The Hall–Kier alpha value is -0.376. The molecule has 0 fully saturated rings. The second-order valence-corrected chi connectivity index (χ2v) is 6.55. The van der Waals surface area contributed by atoms with E-state index in [-0.39, 0.29) is 50.8 Å². The summed E-state index contributed by atoms with van der Waals surface area (Å²) in [6.07, 6.45) is 0.594. The van der Waals surface area contributed by atoms with Crippen molar-refractivity contribution in [3.8, 4) is 0 Å². The number of aromatic nitrogens is 1. The maximum Gasteiger partial charge on any atom is 0.337 e. The number of esters is 1. The summed E-state index contributed by atoms with van der Waals surface area (Å²) in [6, 6.07) is 8.66. The summed E-state index contributed by atoms with van der Waals surface area (Å²) in [7, 11) is 2.34. The molecule has 6 nitrogen and oxygen atoms in total. The van der Waals surface area contributed by atoms with Gasteiger partial charge in [-0.1, -0.05) is 12.1 Å². The number of aliphatic hydroxyl groups is 2. The molecule has 2 N–H and O–H groups in total. The molecule has 0 aliphatic rings. The molecule has 1 heterocycles. The van der Waals surface area contributed by atoms with Crippen LogP contribution < -0.4 is 5.56 Å². The van der Waals surface area contributed by atoms with Gasteiger partial charge in [0.05, 0.1) is 29.4 Å². The molecule has 1 aromatic carbocycles. The van der Waals surface area contributed by atoms with Crippen LogP contribution in [0.15, 0.2) is 44.1 Å². The zero-order chi connectivity index (χ0) is 19.0. The Morgan fingerprint density at radius 3 is 2.23 bits per heavy atom. The van der Waals surface area contributed by atoms with Crippen molar-refractivity contribution in [2.24, 2.45) is 0 Å². The number of methoxy groups -OCH3 is 1. The number of carbonyl (C=O) groups excluding carboxylic acids is 1. The fraction of sp³-hybridized carbons (Fsp3) is 0.294. The minimum absolute atomic E-state index is 0. The summed E-state index contributed by atoms with van der Waals surface area (Å²) < 4.78 is 7.29. The Balaban J connectivity index is 0.00000201. The minimum Gasteiger partial charge on any atom is -0.465 e. The van der Waals surface area contributed by atoms with Gasteiger partial charge in [0.1, 0.15) is 0 Å². The van der Waals surface area contributed by atoms with E-state index < -0.39 is 0 Å². The summed E-state index contributed by atoms with van der Waals surface area (Å²) in [4.78, 5) is 23.6. The number of rotatable bonds is 5. The maximum absolute atomic E-state index is 12.2. The predicted octanol–water partition coefficient (Wildman–Crippen LogP) is 2.50. The molecule has 0 saturated carbocycles. The Morgan fingerprint density at radius 1 is 1.15 bits per heavy atom. The Labute approximate surface area is 193 Å². The van der Waals surface area contributed by atoms with E-state index >= 15 is 0 Å². The molecule has 0 atom stereocenters. The van der Waals surface area contributed by atoms with E-state index in [0.717, 1.165) is 12.7 Å². The molecule has 26 heavy (non-hydrogen) atoms. The van der Waals surface area contributed by atoms with E-state index in [9.17, 15) is 14.7 Å². The van der Waals surface area contributed by atoms with Gasteiger partial charge in [0.15, 0.2) is 0 Å². The van der Waals surface area contributed by atoms with Crippen LogP contribution in [0.2, 0.25) is 0 Å². The first-order chi connectivity index (χ1) is 12.0. The van der Waals surface area contributed by atoms with Crippen molar-refractivity contribution in [3.63, 3.8) is 0 Å². The average molecular weight is 566 g/mol. The molecule has 0 amide bonds. The molecule has 0 aliphatic carbocycles. The first-order valence-electron chi connectivity index (χ1n) is 7.28. The second-order valence-electron chi connectivity index (χ2n) is 4.84. The Kier molecular flexibility index (Phi) is 12.7. The van der Waals surface area contributed by atoms with Gasteiger partial charge in [-0.3, -0.25) is 4.79 Å². The molecule has 139 valence electrons. The molecular formula is C17H19Br2NO5Y. The Morgan fingerprint density at radius 2 is 1.73 bits per heavy atom. The molecular weight excluding hydrogens is 547 g/mol. The van der Waals surface area contributed by atoms with Gasteiger partial charge in [0.25, 0.3) is 5.56 Å². The molecule has 9 heteroatoms. The summed E-state index contributed by atoms with van der Waals surface area (Å²) in [5, 5.41) is 16.5. The van der Waals surface area contributed by atoms with Crippen LogP contribution in [0.4, 0.5) is 0 Å². The zero-order valence-electron chi connectivity index (χ0n) is 14.4. The SMILES string of the molecule is CO.COC(=O)c1ccc(CCn2c(CO)c(Br)cc(Br)c2=O)cc1.[Y]. The molecule has 0 saturated heterocycles. The summed E-state index contributed by atoms with van der Waals surface area (Å²) in [6.45, 7) is 0.189. The molecule has 1 aromatic heterocycles. The van der Waals surface area contributed by atoms with E-state index in [4.69, 9.17) is 5.11 Å². The summed E-state index contributed by atoms with van der Waals surface area (Å²) in [5.74, 6) is -0.383. The number of hydrogen-bond donors (Lipinski definition) is 2. The van der Waals surface area contributed by atoms with E-state index in [1.807, 2.05) is 12.1 Å². The molecule has 0 bridgehead atoms. The quantitative estimate of drug-likeness (QED) is 0.544.